The first kappa shape index (κ1) is 8.53. The van der Waals surface area contributed by atoms with Crippen LogP contribution in [0.3, 0.4) is 0 Å². The Morgan fingerprint density at radius 1 is 1.33 bits per heavy atom. The van der Waals surface area contributed by atoms with Gasteiger partial charge in [-0.15, -0.1) is 0 Å². The van der Waals surface area contributed by atoms with E-state index in [-0.39, 0.29) is 5.43 Å². The van der Waals surface area contributed by atoms with Crippen LogP contribution >= 0.6 is 0 Å². The molecule has 12 heavy (non-hydrogen) atoms. The highest BCUT2D eigenvalue weighted by atomic mass is 16.5. The highest BCUT2D eigenvalue weighted by molar-refractivity contribution is 5.20. The molecule has 0 N–H and O–H groups in total. The molecule has 62 valence electrons. The van der Waals surface area contributed by atoms with E-state index < -0.39 is 0 Å². The van der Waals surface area contributed by atoms with Crippen molar-refractivity contribution in [3.05, 3.63) is 53.2 Å². The van der Waals surface area contributed by atoms with Crippen LogP contribution < -0.4 is 10.2 Å². The monoisotopic (exact) mass is 162 g/mol. The maximum absolute atomic E-state index is 11.2. The van der Waals surface area contributed by atoms with Crippen LogP contribution in [0.4, 0.5) is 0 Å². The SMILES string of the molecule is C=CCOc1cccccc1=O. The molecule has 0 aromatic heterocycles. The summed E-state index contributed by atoms with van der Waals surface area (Å²) in [5.74, 6) is 0.361. The Morgan fingerprint density at radius 2 is 2.08 bits per heavy atom. The van der Waals surface area contributed by atoms with E-state index in [1.165, 1.54) is 6.07 Å². The molecule has 0 saturated carbocycles. The van der Waals surface area contributed by atoms with E-state index in [9.17, 15) is 4.79 Å². The number of ether oxygens (including phenoxy) is 1. The van der Waals surface area contributed by atoms with Gasteiger partial charge >= 0.3 is 0 Å². The maximum Gasteiger partial charge on any atom is 0.220 e. The zero-order valence-electron chi connectivity index (χ0n) is 6.69. The molecular formula is C10H10O2. The van der Waals surface area contributed by atoms with Crippen LogP contribution in [0.15, 0.2) is 47.8 Å². The van der Waals surface area contributed by atoms with Crippen molar-refractivity contribution in [2.45, 2.75) is 0 Å². The van der Waals surface area contributed by atoms with Crippen molar-refractivity contribution in [2.24, 2.45) is 0 Å². The summed E-state index contributed by atoms with van der Waals surface area (Å²) in [4.78, 5) is 11.2. The molecule has 0 fully saturated rings. The highest BCUT2D eigenvalue weighted by Crippen LogP contribution is 1.99. The average Bonchev–Trinajstić information content (AvgIpc) is 2.27. The quantitative estimate of drug-likeness (QED) is 0.631. The first-order chi connectivity index (χ1) is 5.84. The Bertz CT molecular complexity index is 318. The molecule has 0 aliphatic rings. The molecule has 0 saturated heterocycles. The Balaban J connectivity index is 2.93. The van der Waals surface area contributed by atoms with E-state index in [1.54, 1.807) is 30.3 Å². The second-order valence-corrected chi connectivity index (χ2v) is 2.24. The molecule has 1 rings (SSSR count). The smallest absolute Gasteiger partial charge is 0.220 e. The molecular weight excluding hydrogens is 152 g/mol. The van der Waals surface area contributed by atoms with Gasteiger partial charge in [0.05, 0.1) is 0 Å². The molecule has 2 nitrogen and oxygen atoms in total. The lowest BCUT2D eigenvalue weighted by Gasteiger charge is -1.96. The van der Waals surface area contributed by atoms with E-state index in [0.717, 1.165) is 0 Å². The van der Waals surface area contributed by atoms with Gasteiger partial charge < -0.3 is 4.74 Å². The fraction of sp³-hybridized carbons (Fsp3) is 0.100. The normalized spacial score (nSPS) is 9.00. The zero-order valence-corrected chi connectivity index (χ0v) is 6.69. The minimum absolute atomic E-state index is 0.109. The average molecular weight is 162 g/mol. The molecule has 1 aromatic rings. The van der Waals surface area contributed by atoms with Gasteiger partial charge in [-0.1, -0.05) is 30.9 Å². The van der Waals surface area contributed by atoms with Crippen molar-refractivity contribution < 1.29 is 4.74 Å². The van der Waals surface area contributed by atoms with Crippen molar-refractivity contribution in [3.63, 3.8) is 0 Å². The van der Waals surface area contributed by atoms with Crippen LogP contribution in [0.25, 0.3) is 0 Å². The van der Waals surface area contributed by atoms with E-state index in [4.69, 9.17) is 4.74 Å². The lowest BCUT2D eigenvalue weighted by atomic mass is 10.4. The molecule has 0 amide bonds. The predicted octanol–water partition coefficient (Wildman–Crippen LogP) is 1.61. The van der Waals surface area contributed by atoms with Crippen LogP contribution in [0.2, 0.25) is 0 Å². The Kier molecular flexibility index (Phi) is 3.08. The van der Waals surface area contributed by atoms with Crippen LogP contribution in [-0.2, 0) is 0 Å². The summed E-state index contributed by atoms with van der Waals surface area (Å²) in [5, 5.41) is 0. The van der Waals surface area contributed by atoms with Crippen molar-refractivity contribution in [2.75, 3.05) is 6.61 Å². The van der Waals surface area contributed by atoms with Crippen molar-refractivity contribution in [3.8, 4) is 5.75 Å². The third-order valence-electron chi connectivity index (χ3n) is 1.32. The molecule has 1 aromatic carbocycles. The Labute approximate surface area is 71.1 Å². The zero-order chi connectivity index (χ0) is 8.81. The van der Waals surface area contributed by atoms with Gasteiger partial charge in [-0.25, -0.2) is 0 Å². The second-order valence-electron chi connectivity index (χ2n) is 2.24. The molecule has 0 heterocycles. The standard InChI is InChI=1S/C10H10O2/c1-2-8-12-10-7-5-3-4-6-9(10)11/h2-7H,1,8H2. The van der Waals surface area contributed by atoms with E-state index in [0.29, 0.717) is 12.4 Å². The van der Waals surface area contributed by atoms with Gasteiger partial charge in [0.25, 0.3) is 0 Å². The molecule has 0 spiro atoms. The second kappa shape index (κ2) is 4.34. The summed E-state index contributed by atoms with van der Waals surface area (Å²) in [6.07, 6.45) is 1.60. The highest BCUT2D eigenvalue weighted by Gasteiger charge is 1.93. The number of rotatable bonds is 3. The number of hydrogen-bond acceptors (Lipinski definition) is 2. The van der Waals surface area contributed by atoms with E-state index in [2.05, 4.69) is 6.58 Å². The first-order valence-corrected chi connectivity index (χ1v) is 3.67. The van der Waals surface area contributed by atoms with Gasteiger partial charge in [0.15, 0.2) is 5.75 Å². The molecule has 0 radical (unpaired) electrons. The van der Waals surface area contributed by atoms with Gasteiger partial charge in [-0.05, 0) is 12.1 Å². The summed E-state index contributed by atoms with van der Waals surface area (Å²) in [6.45, 7) is 3.85. The summed E-state index contributed by atoms with van der Waals surface area (Å²) in [7, 11) is 0. The Hall–Kier alpha value is -1.57. The summed E-state index contributed by atoms with van der Waals surface area (Å²) in [5.41, 5.74) is -0.109. The minimum Gasteiger partial charge on any atom is -0.485 e. The number of hydrogen-bond donors (Lipinski definition) is 0. The van der Waals surface area contributed by atoms with Crippen molar-refractivity contribution >= 4 is 0 Å². The Morgan fingerprint density at radius 3 is 2.83 bits per heavy atom. The molecule has 2 heteroatoms. The van der Waals surface area contributed by atoms with Gasteiger partial charge in [0.1, 0.15) is 6.61 Å². The fourth-order valence-corrected chi connectivity index (χ4v) is 0.782. The summed E-state index contributed by atoms with van der Waals surface area (Å²) >= 11 is 0. The lowest BCUT2D eigenvalue weighted by molar-refractivity contribution is 0.360. The van der Waals surface area contributed by atoms with Gasteiger partial charge in [-0.3, -0.25) is 4.79 Å². The topological polar surface area (TPSA) is 26.3 Å². The molecule has 0 atom stereocenters. The lowest BCUT2D eigenvalue weighted by Crippen LogP contribution is -2.03. The van der Waals surface area contributed by atoms with Crippen molar-refractivity contribution in [1.29, 1.82) is 0 Å². The molecule has 0 unspecified atom stereocenters. The van der Waals surface area contributed by atoms with E-state index in [1.807, 2.05) is 0 Å². The maximum atomic E-state index is 11.2. The van der Waals surface area contributed by atoms with Crippen molar-refractivity contribution in [1.82, 2.24) is 0 Å². The van der Waals surface area contributed by atoms with Gasteiger partial charge in [-0.2, -0.15) is 0 Å². The fourth-order valence-electron chi connectivity index (χ4n) is 0.782. The predicted molar refractivity (Wildman–Crippen MR) is 48.4 cm³/mol. The van der Waals surface area contributed by atoms with Gasteiger partial charge in [0.2, 0.25) is 5.43 Å². The summed E-state index contributed by atoms with van der Waals surface area (Å²) in [6, 6.07) is 8.34. The molecule has 0 aliphatic carbocycles. The van der Waals surface area contributed by atoms with Gasteiger partial charge in [0, 0.05) is 0 Å². The largest absolute Gasteiger partial charge is 0.485 e. The minimum atomic E-state index is -0.109. The van der Waals surface area contributed by atoms with Crippen LogP contribution in [-0.4, -0.2) is 6.61 Å². The van der Waals surface area contributed by atoms with Crippen LogP contribution in [0.5, 0.6) is 5.75 Å². The summed E-state index contributed by atoms with van der Waals surface area (Å²) < 4.78 is 5.12. The van der Waals surface area contributed by atoms with E-state index >= 15 is 0 Å². The van der Waals surface area contributed by atoms with Crippen LogP contribution in [0.1, 0.15) is 0 Å². The molecule has 0 bridgehead atoms. The first-order valence-electron chi connectivity index (χ1n) is 3.67. The molecule has 0 aliphatic heterocycles. The van der Waals surface area contributed by atoms with Crippen LogP contribution in [0, 0.1) is 0 Å². The third-order valence-corrected chi connectivity index (χ3v) is 1.32. The third kappa shape index (κ3) is 2.23.